The highest BCUT2D eigenvalue weighted by atomic mass is 35.5. The lowest BCUT2D eigenvalue weighted by atomic mass is 9.95. The summed E-state index contributed by atoms with van der Waals surface area (Å²) in [5.74, 6) is -1.93. The molecule has 2 heterocycles. The van der Waals surface area contributed by atoms with Crippen LogP contribution < -0.4 is 10.6 Å². The Morgan fingerprint density at radius 2 is 1.82 bits per heavy atom. The maximum Gasteiger partial charge on any atom is 0.330 e. The van der Waals surface area contributed by atoms with Crippen molar-refractivity contribution in [3.63, 3.8) is 0 Å². The third kappa shape index (κ3) is 6.98. The molecule has 2 aromatic carbocycles. The quantitative estimate of drug-likeness (QED) is 0.297. The predicted octanol–water partition coefficient (Wildman–Crippen LogP) is 4.55. The fraction of sp³-hybridized carbons (Fsp3) is 0.286. The Morgan fingerprint density at radius 1 is 1.10 bits per heavy atom. The van der Waals surface area contributed by atoms with Gasteiger partial charge in [-0.15, -0.1) is 11.3 Å². The van der Waals surface area contributed by atoms with Gasteiger partial charge in [-0.1, -0.05) is 41.4 Å². The van der Waals surface area contributed by atoms with Gasteiger partial charge in [0.15, 0.2) is 0 Å². The maximum absolute atomic E-state index is 12.9. The maximum atomic E-state index is 12.9. The smallest absolute Gasteiger partial charge is 0.330 e. The molecular weight excluding hydrogens is 561 g/mol. The molecule has 3 amide bonds. The second-order valence-corrected chi connectivity index (χ2v) is 10.7. The minimum absolute atomic E-state index is 0.113. The molecule has 4 rings (SSSR count). The van der Waals surface area contributed by atoms with Crippen LogP contribution in [0.15, 0.2) is 53.9 Å². The number of amides is 3. The number of hydrogen-bond donors (Lipinski definition) is 2. The summed E-state index contributed by atoms with van der Waals surface area (Å²) in [5.41, 5.74) is 1.10. The van der Waals surface area contributed by atoms with Gasteiger partial charge >= 0.3 is 5.97 Å². The number of carbonyl (C=O) groups excluding carboxylic acids is 4. The zero-order chi connectivity index (χ0) is 27.9. The van der Waals surface area contributed by atoms with Crippen LogP contribution in [0.2, 0.25) is 10.0 Å². The molecule has 39 heavy (non-hydrogen) atoms. The molecule has 1 atom stereocenters. The molecule has 0 unspecified atom stereocenters. The molecule has 1 aliphatic heterocycles. The summed E-state index contributed by atoms with van der Waals surface area (Å²) in [5, 5.41) is 9.09. The van der Waals surface area contributed by atoms with Crippen molar-refractivity contribution >= 4 is 74.4 Å². The SMILES string of the molecule is COC(=O)[C@H](CNC(=O)c1ccccc1)NC(=O)C1CCN(C(=O)/C=C/c2cc3ccsc3c(Cl)c2Cl)CC1. The first-order valence-corrected chi connectivity index (χ1v) is 14.0. The van der Waals surface area contributed by atoms with Crippen LogP contribution >= 0.6 is 34.5 Å². The van der Waals surface area contributed by atoms with Gasteiger partial charge in [0.25, 0.3) is 5.91 Å². The lowest BCUT2D eigenvalue weighted by Crippen LogP contribution is -2.52. The van der Waals surface area contributed by atoms with E-state index in [2.05, 4.69) is 10.6 Å². The Bertz CT molecular complexity index is 1400. The average Bonchev–Trinajstić information content (AvgIpc) is 3.44. The van der Waals surface area contributed by atoms with Gasteiger partial charge in [-0.2, -0.15) is 0 Å². The highest BCUT2D eigenvalue weighted by Crippen LogP contribution is 2.37. The van der Waals surface area contributed by atoms with Crippen LogP contribution in [0.25, 0.3) is 16.2 Å². The van der Waals surface area contributed by atoms with Crippen LogP contribution in [-0.4, -0.2) is 61.4 Å². The molecule has 1 aliphatic rings. The van der Waals surface area contributed by atoms with E-state index in [9.17, 15) is 19.2 Å². The molecule has 204 valence electrons. The number of piperidine rings is 1. The van der Waals surface area contributed by atoms with Crippen LogP contribution in [0.5, 0.6) is 0 Å². The van der Waals surface area contributed by atoms with Gasteiger partial charge in [-0.25, -0.2) is 4.79 Å². The second-order valence-electron chi connectivity index (χ2n) is 9.03. The van der Waals surface area contributed by atoms with Crippen LogP contribution in [0.4, 0.5) is 0 Å². The van der Waals surface area contributed by atoms with Gasteiger partial charge < -0.3 is 20.3 Å². The fourth-order valence-electron chi connectivity index (χ4n) is 4.33. The minimum Gasteiger partial charge on any atom is -0.467 e. The lowest BCUT2D eigenvalue weighted by molar-refractivity contribution is -0.145. The van der Waals surface area contributed by atoms with Crippen molar-refractivity contribution in [1.29, 1.82) is 0 Å². The normalized spacial score (nSPS) is 14.8. The fourth-order valence-corrected chi connectivity index (χ4v) is 5.77. The Labute approximate surface area is 239 Å². The first-order valence-electron chi connectivity index (χ1n) is 12.3. The number of ether oxygens (including phenoxy) is 1. The van der Waals surface area contributed by atoms with Gasteiger partial charge in [-0.05, 0) is 59.5 Å². The average molecular weight is 589 g/mol. The Balaban J connectivity index is 1.30. The predicted molar refractivity (Wildman–Crippen MR) is 153 cm³/mol. The van der Waals surface area contributed by atoms with E-state index in [1.165, 1.54) is 24.5 Å². The molecule has 1 fully saturated rings. The Morgan fingerprint density at radius 3 is 2.51 bits per heavy atom. The minimum atomic E-state index is -1.03. The molecule has 0 saturated carbocycles. The summed E-state index contributed by atoms with van der Waals surface area (Å²) in [6, 6.07) is 11.4. The first kappa shape index (κ1) is 28.6. The van der Waals surface area contributed by atoms with Crippen LogP contribution in [0.3, 0.4) is 0 Å². The number of nitrogens with zero attached hydrogens (tertiary/aromatic N) is 1. The van der Waals surface area contributed by atoms with E-state index in [1.807, 2.05) is 17.5 Å². The van der Waals surface area contributed by atoms with Gasteiger partial charge in [-0.3, -0.25) is 14.4 Å². The number of thiophene rings is 1. The number of fused-ring (bicyclic) bond motifs is 1. The molecule has 0 bridgehead atoms. The molecule has 2 N–H and O–H groups in total. The standard InChI is InChI=1S/C28H27Cl2N3O5S/c1-38-28(37)21(16-31-26(35)17-5-3-2-4-6-17)32-27(36)18-9-12-33(13-10-18)22(34)8-7-19-15-20-11-14-39-25(20)24(30)23(19)29/h2-8,11,14-15,18,21H,9-10,12-13,16H2,1H3,(H,31,35)(H,32,36)/b8-7+/t21-/m0/s1. The zero-order valence-corrected chi connectivity index (χ0v) is 23.4. The molecular formula is C28H27Cl2N3O5S. The highest BCUT2D eigenvalue weighted by molar-refractivity contribution is 7.18. The highest BCUT2D eigenvalue weighted by Gasteiger charge is 2.30. The number of hydrogen-bond acceptors (Lipinski definition) is 6. The van der Waals surface area contributed by atoms with Crippen molar-refractivity contribution in [2.75, 3.05) is 26.7 Å². The van der Waals surface area contributed by atoms with E-state index in [-0.39, 0.29) is 30.2 Å². The zero-order valence-electron chi connectivity index (χ0n) is 21.1. The summed E-state index contributed by atoms with van der Waals surface area (Å²) in [7, 11) is 1.22. The van der Waals surface area contributed by atoms with E-state index in [0.29, 0.717) is 47.1 Å². The van der Waals surface area contributed by atoms with Crippen molar-refractivity contribution in [3.8, 4) is 0 Å². The third-order valence-corrected chi connectivity index (χ3v) is 8.48. The lowest BCUT2D eigenvalue weighted by Gasteiger charge is -2.31. The van der Waals surface area contributed by atoms with Crippen molar-refractivity contribution < 1.29 is 23.9 Å². The van der Waals surface area contributed by atoms with Crippen LogP contribution in [-0.2, 0) is 19.1 Å². The van der Waals surface area contributed by atoms with Crippen molar-refractivity contribution in [2.24, 2.45) is 5.92 Å². The first-order chi connectivity index (χ1) is 18.8. The summed E-state index contributed by atoms with van der Waals surface area (Å²) in [6.45, 7) is 0.651. The number of halogens is 2. The molecule has 8 nitrogen and oxygen atoms in total. The van der Waals surface area contributed by atoms with E-state index in [1.54, 1.807) is 41.3 Å². The van der Waals surface area contributed by atoms with Gasteiger partial charge in [0.1, 0.15) is 6.04 Å². The van der Waals surface area contributed by atoms with Gasteiger partial charge in [0.2, 0.25) is 11.8 Å². The number of nitrogens with one attached hydrogen (secondary N) is 2. The monoisotopic (exact) mass is 587 g/mol. The topological polar surface area (TPSA) is 105 Å². The summed E-state index contributed by atoms with van der Waals surface area (Å²) >= 11 is 14.3. The number of methoxy groups -OCH3 is 1. The second kappa shape index (κ2) is 13.1. The molecule has 1 saturated heterocycles. The Kier molecular flexibility index (Phi) is 9.61. The van der Waals surface area contributed by atoms with Crippen molar-refractivity contribution in [3.05, 3.63) is 75.1 Å². The van der Waals surface area contributed by atoms with Crippen LogP contribution in [0.1, 0.15) is 28.8 Å². The van der Waals surface area contributed by atoms with E-state index < -0.39 is 12.0 Å². The molecule has 0 radical (unpaired) electrons. The molecule has 0 spiro atoms. The Hall–Kier alpha value is -3.40. The van der Waals surface area contributed by atoms with E-state index >= 15 is 0 Å². The number of likely N-dealkylation sites (tertiary alicyclic amines) is 1. The van der Waals surface area contributed by atoms with E-state index in [4.69, 9.17) is 27.9 Å². The molecule has 1 aromatic heterocycles. The third-order valence-electron chi connectivity index (χ3n) is 6.54. The number of carbonyl (C=O) groups is 4. The summed E-state index contributed by atoms with van der Waals surface area (Å²) in [4.78, 5) is 52.0. The van der Waals surface area contributed by atoms with E-state index in [0.717, 1.165) is 10.1 Å². The molecule has 11 heteroatoms. The number of esters is 1. The summed E-state index contributed by atoms with van der Waals surface area (Å²) in [6.07, 6.45) is 3.97. The van der Waals surface area contributed by atoms with Gasteiger partial charge in [0, 0.05) is 37.2 Å². The van der Waals surface area contributed by atoms with Crippen LogP contribution in [0, 0.1) is 5.92 Å². The largest absolute Gasteiger partial charge is 0.467 e. The van der Waals surface area contributed by atoms with Gasteiger partial charge in [0.05, 0.1) is 21.9 Å². The number of benzene rings is 2. The molecule has 3 aromatic rings. The van der Waals surface area contributed by atoms with Crippen molar-refractivity contribution in [2.45, 2.75) is 18.9 Å². The number of rotatable bonds is 8. The molecule has 0 aliphatic carbocycles. The van der Waals surface area contributed by atoms with Crippen molar-refractivity contribution in [1.82, 2.24) is 15.5 Å². The summed E-state index contributed by atoms with van der Waals surface area (Å²) < 4.78 is 5.70.